The number of aryl methyl sites for hydroxylation is 3. The van der Waals surface area contributed by atoms with Gasteiger partial charge in [0, 0.05) is 17.8 Å². The van der Waals surface area contributed by atoms with Crippen LogP contribution in [0.4, 0.5) is 0 Å². The molecule has 1 rings (SSSR count). The van der Waals surface area contributed by atoms with Crippen molar-refractivity contribution in [2.24, 2.45) is 0 Å². The predicted octanol–water partition coefficient (Wildman–Crippen LogP) is 2.22. The Morgan fingerprint density at radius 2 is 2.20 bits per heavy atom. The molecular weight excluding hydrogens is 208 g/mol. The van der Waals surface area contributed by atoms with Crippen LogP contribution < -0.4 is 5.32 Å². The van der Waals surface area contributed by atoms with Crippen LogP contribution in [0.5, 0.6) is 0 Å². The molecule has 0 bridgehead atoms. The molecule has 0 saturated heterocycles. The second kappa shape index (κ2) is 5.85. The number of nitrogens with one attached hydrogen (secondary N) is 1. The molecule has 0 aliphatic rings. The van der Waals surface area contributed by atoms with Gasteiger partial charge in [-0.1, -0.05) is 6.92 Å². The minimum absolute atomic E-state index is 0.141. The fourth-order valence-electron chi connectivity index (χ4n) is 1.39. The van der Waals surface area contributed by atoms with E-state index in [0.717, 1.165) is 30.1 Å². The normalized spacial score (nSPS) is 10.3. The van der Waals surface area contributed by atoms with Crippen molar-refractivity contribution >= 4 is 17.2 Å². The van der Waals surface area contributed by atoms with Crippen LogP contribution in [0.1, 0.15) is 35.3 Å². The number of hydrogen-bond acceptors (Lipinski definition) is 3. The average molecular weight is 226 g/mol. The molecule has 1 amide bonds. The van der Waals surface area contributed by atoms with Gasteiger partial charge in [0.2, 0.25) is 5.91 Å². The molecule has 1 heterocycles. The lowest BCUT2D eigenvalue weighted by Gasteiger charge is -2.02. The van der Waals surface area contributed by atoms with Gasteiger partial charge < -0.3 is 5.32 Å². The van der Waals surface area contributed by atoms with Gasteiger partial charge in [-0.2, -0.15) is 0 Å². The van der Waals surface area contributed by atoms with Gasteiger partial charge in [0.05, 0.1) is 10.7 Å². The smallest absolute Gasteiger partial charge is 0.220 e. The molecule has 0 spiro atoms. The van der Waals surface area contributed by atoms with Gasteiger partial charge in [-0.05, 0) is 26.7 Å². The maximum atomic E-state index is 11.4. The van der Waals surface area contributed by atoms with E-state index in [-0.39, 0.29) is 5.91 Å². The van der Waals surface area contributed by atoms with Gasteiger partial charge in [-0.15, -0.1) is 11.3 Å². The van der Waals surface area contributed by atoms with Crippen LogP contribution in [0.3, 0.4) is 0 Å². The molecule has 4 heteroatoms. The van der Waals surface area contributed by atoms with Crippen molar-refractivity contribution in [2.75, 3.05) is 6.54 Å². The van der Waals surface area contributed by atoms with Crippen molar-refractivity contribution < 1.29 is 4.79 Å². The molecule has 0 saturated carbocycles. The van der Waals surface area contributed by atoms with Crippen LogP contribution in [-0.4, -0.2) is 17.4 Å². The summed E-state index contributed by atoms with van der Waals surface area (Å²) < 4.78 is 0. The van der Waals surface area contributed by atoms with Gasteiger partial charge in [-0.3, -0.25) is 4.79 Å². The molecule has 84 valence electrons. The summed E-state index contributed by atoms with van der Waals surface area (Å²) in [5, 5.41) is 3.95. The molecule has 0 aromatic carbocycles. The molecule has 0 atom stereocenters. The van der Waals surface area contributed by atoms with Crippen LogP contribution in [0.15, 0.2) is 0 Å². The largest absolute Gasteiger partial charge is 0.356 e. The molecule has 3 nitrogen and oxygen atoms in total. The van der Waals surface area contributed by atoms with E-state index >= 15 is 0 Å². The quantitative estimate of drug-likeness (QED) is 0.836. The Hall–Kier alpha value is -0.900. The summed E-state index contributed by atoms with van der Waals surface area (Å²) in [7, 11) is 0. The monoisotopic (exact) mass is 226 g/mol. The standard InChI is InChI=1S/C11H18N2OS/c1-4-7-12-11(14)6-5-10-8(2)13-9(3)15-10/h4-7H2,1-3H3,(H,12,14). The Bertz CT molecular complexity index is 333. The van der Waals surface area contributed by atoms with Crippen LogP contribution in [0.2, 0.25) is 0 Å². The third kappa shape index (κ3) is 4.00. The average Bonchev–Trinajstić information content (AvgIpc) is 2.51. The molecule has 0 radical (unpaired) electrons. The minimum Gasteiger partial charge on any atom is -0.356 e. The molecular formula is C11H18N2OS. The molecule has 15 heavy (non-hydrogen) atoms. The van der Waals surface area contributed by atoms with Crippen molar-refractivity contribution in [1.29, 1.82) is 0 Å². The second-order valence-corrected chi connectivity index (χ2v) is 4.88. The first kappa shape index (κ1) is 12.2. The van der Waals surface area contributed by atoms with Gasteiger partial charge in [-0.25, -0.2) is 4.98 Å². The fourth-order valence-corrected chi connectivity index (χ4v) is 2.32. The number of thiazole rings is 1. The highest BCUT2D eigenvalue weighted by molar-refractivity contribution is 7.11. The number of aromatic nitrogens is 1. The van der Waals surface area contributed by atoms with Crippen molar-refractivity contribution in [3.05, 3.63) is 15.6 Å². The van der Waals surface area contributed by atoms with Crippen LogP contribution >= 0.6 is 11.3 Å². The summed E-state index contributed by atoms with van der Waals surface area (Å²) in [5.41, 5.74) is 1.07. The van der Waals surface area contributed by atoms with E-state index in [9.17, 15) is 4.79 Å². The summed E-state index contributed by atoms with van der Waals surface area (Å²) in [6.45, 7) is 6.83. The first-order chi connectivity index (χ1) is 7.13. The van der Waals surface area contributed by atoms with Crippen LogP contribution in [-0.2, 0) is 11.2 Å². The lowest BCUT2D eigenvalue weighted by Crippen LogP contribution is -2.24. The molecule has 1 aromatic heterocycles. The Morgan fingerprint density at radius 1 is 1.47 bits per heavy atom. The summed E-state index contributed by atoms with van der Waals surface area (Å²) in [4.78, 5) is 16.9. The minimum atomic E-state index is 0.141. The molecule has 1 aromatic rings. The first-order valence-electron chi connectivity index (χ1n) is 5.33. The van der Waals surface area contributed by atoms with Gasteiger partial charge in [0.25, 0.3) is 0 Å². The molecule has 0 aliphatic carbocycles. The van der Waals surface area contributed by atoms with Crippen molar-refractivity contribution in [1.82, 2.24) is 10.3 Å². The highest BCUT2D eigenvalue weighted by atomic mass is 32.1. The maximum absolute atomic E-state index is 11.4. The number of amides is 1. The van der Waals surface area contributed by atoms with E-state index in [4.69, 9.17) is 0 Å². The van der Waals surface area contributed by atoms with Gasteiger partial charge >= 0.3 is 0 Å². The van der Waals surface area contributed by atoms with E-state index < -0.39 is 0 Å². The van der Waals surface area contributed by atoms with Gasteiger partial charge in [0.15, 0.2) is 0 Å². The number of carbonyl (C=O) groups is 1. The van der Waals surface area contributed by atoms with Crippen molar-refractivity contribution in [3.8, 4) is 0 Å². The molecule has 1 N–H and O–H groups in total. The van der Waals surface area contributed by atoms with Crippen molar-refractivity contribution in [3.63, 3.8) is 0 Å². The Kier molecular flexibility index (Phi) is 4.75. The summed E-state index contributed by atoms with van der Waals surface area (Å²) in [6, 6.07) is 0. The van der Waals surface area contributed by atoms with E-state index in [1.165, 1.54) is 4.88 Å². The SMILES string of the molecule is CCCNC(=O)CCc1sc(C)nc1C. The van der Waals surface area contributed by atoms with E-state index in [1.807, 2.05) is 13.8 Å². The van der Waals surface area contributed by atoms with Crippen molar-refractivity contribution in [2.45, 2.75) is 40.0 Å². The first-order valence-corrected chi connectivity index (χ1v) is 6.14. The van der Waals surface area contributed by atoms with Crippen LogP contribution in [0, 0.1) is 13.8 Å². The van der Waals surface area contributed by atoms with E-state index in [2.05, 4.69) is 17.2 Å². The Balaban J connectivity index is 2.36. The number of carbonyl (C=O) groups excluding carboxylic acids is 1. The summed E-state index contributed by atoms with van der Waals surface area (Å²) in [5.74, 6) is 0.141. The number of nitrogens with zero attached hydrogens (tertiary/aromatic N) is 1. The molecule has 0 fully saturated rings. The second-order valence-electron chi connectivity index (χ2n) is 3.59. The van der Waals surface area contributed by atoms with E-state index in [0.29, 0.717) is 6.42 Å². The lowest BCUT2D eigenvalue weighted by atomic mass is 10.2. The van der Waals surface area contributed by atoms with E-state index in [1.54, 1.807) is 11.3 Å². The topological polar surface area (TPSA) is 42.0 Å². The Labute approximate surface area is 94.9 Å². The lowest BCUT2D eigenvalue weighted by molar-refractivity contribution is -0.121. The third-order valence-electron chi connectivity index (χ3n) is 2.15. The highest BCUT2D eigenvalue weighted by Gasteiger charge is 2.07. The summed E-state index contributed by atoms with van der Waals surface area (Å²) >= 11 is 1.69. The zero-order valence-corrected chi connectivity index (χ0v) is 10.4. The highest BCUT2D eigenvalue weighted by Crippen LogP contribution is 2.18. The maximum Gasteiger partial charge on any atom is 0.220 e. The zero-order valence-electron chi connectivity index (χ0n) is 9.59. The third-order valence-corrected chi connectivity index (χ3v) is 3.28. The zero-order chi connectivity index (χ0) is 11.3. The molecule has 0 aliphatic heterocycles. The Morgan fingerprint density at radius 3 is 2.73 bits per heavy atom. The fraction of sp³-hybridized carbons (Fsp3) is 0.636. The predicted molar refractivity (Wildman–Crippen MR) is 63.2 cm³/mol. The number of rotatable bonds is 5. The number of hydrogen-bond donors (Lipinski definition) is 1. The summed E-state index contributed by atoms with van der Waals surface area (Å²) in [6.07, 6.45) is 2.37. The van der Waals surface area contributed by atoms with Crippen LogP contribution in [0.25, 0.3) is 0 Å². The van der Waals surface area contributed by atoms with Gasteiger partial charge in [0.1, 0.15) is 0 Å². The molecule has 0 unspecified atom stereocenters.